The third kappa shape index (κ3) is 3.25. The predicted molar refractivity (Wildman–Crippen MR) is 78.7 cm³/mol. The molecule has 3 rings (SSSR count). The molecule has 116 valence electrons. The van der Waals surface area contributed by atoms with E-state index < -0.39 is 4.92 Å². The number of imidazole rings is 1. The number of benzene rings is 1. The Kier molecular flexibility index (Phi) is 4.06. The van der Waals surface area contributed by atoms with Gasteiger partial charge in [0.05, 0.1) is 13.2 Å². The van der Waals surface area contributed by atoms with Crippen molar-refractivity contribution in [2.45, 2.75) is 32.6 Å². The van der Waals surface area contributed by atoms with E-state index in [4.69, 9.17) is 9.47 Å². The first kappa shape index (κ1) is 14.5. The van der Waals surface area contributed by atoms with Crippen LogP contribution < -0.4 is 4.74 Å². The van der Waals surface area contributed by atoms with Crippen LogP contribution in [-0.4, -0.2) is 27.2 Å². The van der Waals surface area contributed by atoms with Crippen molar-refractivity contribution in [3.8, 4) is 6.01 Å². The minimum atomic E-state index is -0.516. The fraction of sp³-hybridized carbons (Fsp3) is 0.400. The van der Waals surface area contributed by atoms with Crippen LogP contribution in [0.2, 0.25) is 0 Å². The second-order valence-electron chi connectivity index (χ2n) is 5.36. The van der Waals surface area contributed by atoms with Crippen molar-refractivity contribution in [1.29, 1.82) is 0 Å². The zero-order chi connectivity index (χ0) is 15.5. The average Bonchev–Trinajstić information content (AvgIpc) is 2.93. The molecule has 2 aromatic rings. The second kappa shape index (κ2) is 6.15. The molecule has 1 aromatic heterocycles. The molecule has 0 saturated carbocycles. The summed E-state index contributed by atoms with van der Waals surface area (Å²) in [6, 6.07) is 8.46. The summed E-state index contributed by atoms with van der Waals surface area (Å²) in [6.07, 6.45) is 2.02. The quantitative estimate of drug-likeness (QED) is 0.626. The largest absolute Gasteiger partial charge is 0.440 e. The van der Waals surface area contributed by atoms with E-state index in [9.17, 15) is 10.1 Å². The fourth-order valence-corrected chi connectivity index (χ4v) is 2.33. The Morgan fingerprint density at radius 2 is 2.23 bits per heavy atom. The van der Waals surface area contributed by atoms with Gasteiger partial charge in [-0.1, -0.05) is 29.8 Å². The number of rotatable bonds is 5. The first-order valence-electron chi connectivity index (χ1n) is 7.13. The molecule has 0 amide bonds. The molecule has 1 aliphatic heterocycles. The molecule has 1 unspecified atom stereocenters. The van der Waals surface area contributed by atoms with Gasteiger partial charge in [-0.3, -0.25) is 4.57 Å². The molecule has 1 aromatic carbocycles. The molecule has 1 aliphatic rings. The molecule has 7 heteroatoms. The summed E-state index contributed by atoms with van der Waals surface area (Å²) in [5.41, 5.74) is 2.33. The van der Waals surface area contributed by atoms with Gasteiger partial charge in [0.1, 0.15) is 12.3 Å². The second-order valence-corrected chi connectivity index (χ2v) is 5.36. The lowest BCUT2D eigenvalue weighted by molar-refractivity contribution is -0.389. The summed E-state index contributed by atoms with van der Waals surface area (Å²) < 4.78 is 13.0. The lowest BCUT2D eigenvalue weighted by atomic mass is 10.2. The Morgan fingerprint density at radius 3 is 2.95 bits per heavy atom. The maximum absolute atomic E-state index is 10.7. The Bertz CT molecular complexity index is 666. The Morgan fingerprint density at radius 1 is 1.45 bits per heavy atom. The summed E-state index contributed by atoms with van der Waals surface area (Å²) in [4.78, 5) is 14.0. The van der Waals surface area contributed by atoms with E-state index in [-0.39, 0.29) is 11.9 Å². The van der Waals surface area contributed by atoms with Crippen molar-refractivity contribution in [3.05, 3.63) is 51.7 Å². The highest BCUT2D eigenvalue weighted by molar-refractivity contribution is 5.22. The van der Waals surface area contributed by atoms with Gasteiger partial charge in [0.2, 0.25) is 0 Å². The highest BCUT2D eigenvalue weighted by atomic mass is 16.6. The van der Waals surface area contributed by atoms with Crippen LogP contribution in [0.3, 0.4) is 0 Å². The third-order valence-corrected chi connectivity index (χ3v) is 3.57. The maximum atomic E-state index is 10.7. The van der Waals surface area contributed by atoms with Gasteiger partial charge in [0.25, 0.3) is 0 Å². The molecule has 7 nitrogen and oxygen atoms in total. The number of fused-ring (bicyclic) bond motifs is 1. The lowest BCUT2D eigenvalue weighted by Crippen LogP contribution is -2.30. The fourth-order valence-electron chi connectivity index (χ4n) is 2.33. The van der Waals surface area contributed by atoms with Crippen molar-refractivity contribution in [2.24, 2.45) is 0 Å². The zero-order valence-corrected chi connectivity index (χ0v) is 12.3. The molecular formula is C15H17N3O4. The SMILES string of the molecule is Cc1ccc(COCC2CCn3cc([N+](=O)[O-])nc3O2)cc1. The van der Waals surface area contributed by atoms with Gasteiger partial charge < -0.3 is 19.6 Å². The van der Waals surface area contributed by atoms with E-state index in [1.165, 1.54) is 11.8 Å². The van der Waals surface area contributed by atoms with Crippen LogP contribution in [0.25, 0.3) is 0 Å². The monoisotopic (exact) mass is 303 g/mol. The van der Waals surface area contributed by atoms with Gasteiger partial charge in [0, 0.05) is 17.9 Å². The van der Waals surface area contributed by atoms with E-state index >= 15 is 0 Å². The lowest BCUT2D eigenvalue weighted by Gasteiger charge is -2.21. The van der Waals surface area contributed by atoms with E-state index in [1.807, 2.05) is 31.2 Å². The topological polar surface area (TPSA) is 79.4 Å². The summed E-state index contributed by atoms with van der Waals surface area (Å²) in [5.74, 6) is -0.184. The Balaban J connectivity index is 1.52. The van der Waals surface area contributed by atoms with Crippen LogP contribution in [0.15, 0.2) is 30.5 Å². The Hall–Kier alpha value is -2.41. The van der Waals surface area contributed by atoms with Crippen molar-refractivity contribution < 1.29 is 14.4 Å². The standard InChI is InChI=1S/C15H17N3O4/c1-11-2-4-12(5-3-11)9-21-10-13-6-7-17-8-14(18(19)20)16-15(17)22-13/h2-5,8,13H,6-7,9-10H2,1H3. The number of nitrogens with zero attached hydrogens (tertiary/aromatic N) is 3. The van der Waals surface area contributed by atoms with Gasteiger partial charge in [-0.25, -0.2) is 0 Å². The van der Waals surface area contributed by atoms with E-state index in [2.05, 4.69) is 4.98 Å². The molecule has 0 saturated heterocycles. The van der Waals surface area contributed by atoms with E-state index in [1.54, 1.807) is 4.57 Å². The predicted octanol–water partition coefficient (Wildman–Crippen LogP) is 2.47. The van der Waals surface area contributed by atoms with Crippen molar-refractivity contribution in [2.75, 3.05) is 6.61 Å². The van der Waals surface area contributed by atoms with Crippen LogP contribution in [0.5, 0.6) is 6.01 Å². The van der Waals surface area contributed by atoms with Crippen LogP contribution in [0.1, 0.15) is 17.5 Å². The van der Waals surface area contributed by atoms with Crippen LogP contribution in [0, 0.1) is 17.0 Å². The first-order valence-corrected chi connectivity index (χ1v) is 7.13. The van der Waals surface area contributed by atoms with Crippen molar-refractivity contribution in [1.82, 2.24) is 9.55 Å². The minimum Gasteiger partial charge on any atom is -0.440 e. The number of nitro groups is 1. The number of hydrogen-bond donors (Lipinski definition) is 0. The van der Waals surface area contributed by atoms with Crippen LogP contribution in [-0.2, 0) is 17.9 Å². The smallest absolute Gasteiger partial charge is 0.414 e. The summed E-state index contributed by atoms with van der Waals surface area (Å²) in [6.45, 7) is 3.65. The molecule has 0 bridgehead atoms. The molecule has 0 radical (unpaired) electrons. The van der Waals surface area contributed by atoms with Gasteiger partial charge in [0.15, 0.2) is 0 Å². The molecule has 0 fully saturated rings. The van der Waals surface area contributed by atoms with Gasteiger partial charge in [-0.15, -0.1) is 0 Å². The summed E-state index contributed by atoms with van der Waals surface area (Å²) in [5, 5.41) is 10.7. The maximum Gasteiger partial charge on any atom is 0.414 e. The number of aromatic nitrogens is 2. The first-order chi connectivity index (χ1) is 10.6. The highest BCUT2D eigenvalue weighted by Crippen LogP contribution is 2.24. The molecule has 0 spiro atoms. The highest BCUT2D eigenvalue weighted by Gasteiger charge is 2.28. The molecule has 0 N–H and O–H groups in total. The van der Waals surface area contributed by atoms with E-state index in [0.29, 0.717) is 25.8 Å². The minimum absolute atomic E-state index is 0.125. The summed E-state index contributed by atoms with van der Waals surface area (Å²) in [7, 11) is 0. The Labute approximate surface area is 127 Å². The zero-order valence-electron chi connectivity index (χ0n) is 12.3. The van der Waals surface area contributed by atoms with Crippen molar-refractivity contribution >= 4 is 5.82 Å². The average molecular weight is 303 g/mol. The third-order valence-electron chi connectivity index (χ3n) is 3.57. The van der Waals surface area contributed by atoms with Gasteiger partial charge >= 0.3 is 11.8 Å². The number of ether oxygens (including phenoxy) is 2. The molecular weight excluding hydrogens is 286 g/mol. The van der Waals surface area contributed by atoms with Crippen LogP contribution in [0.4, 0.5) is 5.82 Å². The van der Waals surface area contributed by atoms with Crippen LogP contribution >= 0.6 is 0 Å². The molecule has 22 heavy (non-hydrogen) atoms. The normalized spacial score (nSPS) is 16.9. The number of aryl methyl sites for hydroxylation is 2. The number of hydrogen-bond acceptors (Lipinski definition) is 5. The molecule has 2 heterocycles. The van der Waals surface area contributed by atoms with Crippen molar-refractivity contribution in [3.63, 3.8) is 0 Å². The molecule has 0 aliphatic carbocycles. The van der Waals surface area contributed by atoms with E-state index in [0.717, 1.165) is 12.0 Å². The van der Waals surface area contributed by atoms with Gasteiger partial charge in [-0.05, 0) is 17.4 Å². The summed E-state index contributed by atoms with van der Waals surface area (Å²) >= 11 is 0. The molecule has 1 atom stereocenters. The van der Waals surface area contributed by atoms with Gasteiger partial charge in [-0.2, -0.15) is 0 Å².